The van der Waals surface area contributed by atoms with Crippen molar-refractivity contribution >= 4 is 17.9 Å². The van der Waals surface area contributed by atoms with Crippen molar-refractivity contribution in [1.82, 2.24) is 4.90 Å². The van der Waals surface area contributed by atoms with Crippen LogP contribution in [-0.2, 0) is 4.74 Å². The highest BCUT2D eigenvalue weighted by Gasteiger charge is 2.24. The van der Waals surface area contributed by atoms with Gasteiger partial charge in [-0.05, 0) is 68.0 Å². The molecule has 2 aromatic rings. The molecule has 1 heterocycles. The lowest BCUT2D eigenvalue weighted by Crippen LogP contribution is -2.40. The van der Waals surface area contributed by atoms with Crippen LogP contribution in [0.3, 0.4) is 0 Å². The minimum atomic E-state index is -0.198. The van der Waals surface area contributed by atoms with Gasteiger partial charge in [0.05, 0.1) is 12.7 Å². The molecule has 0 spiro atoms. The van der Waals surface area contributed by atoms with Crippen LogP contribution in [0.2, 0.25) is 0 Å². The van der Waals surface area contributed by atoms with Gasteiger partial charge in [-0.1, -0.05) is 38.1 Å². The molecule has 0 aliphatic carbocycles. The van der Waals surface area contributed by atoms with Gasteiger partial charge in [0.25, 0.3) is 0 Å². The highest BCUT2D eigenvalue weighted by Crippen LogP contribution is 2.28. The predicted octanol–water partition coefficient (Wildman–Crippen LogP) is 6.49. The number of carbonyl (C=O) groups is 1. The van der Waals surface area contributed by atoms with Gasteiger partial charge in [0.2, 0.25) is 0 Å². The maximum Gasteiger partial charge on any atom is 0.410 e. The first-order chi connectivity index (χ1) is 14.4. The molecule has 0 unspecified atom stereocenters. The molecule has 1 aliphatic rings. The van der Waals surface area contributed by atoms with Gasteiger partial charge in [-0.15, -0.1) is 11.8 Å². The van der Waals surface area contributed by atoms with Crippen molar-refractivity contribution in [3.8, 4) is 16.9 Å². The van der Waals surface area contributed by atoms with E-state index in [0.29, 0.717) is 17.8 Å². The lowest BCUT2D eigenvalue weighted by atomic mass is 9.98. The van der Waals surface area contributed by atoms with Gasteiger partial charge in [0, 0.05) is 23.2 Å². The number of ether oxygens (including phenoxy) is 2. The molecule has 1 amide bonds. The molecule has 162 valence electrons. The molecule has 0 radical (unpaired) electrons. The fourth-order valence-corrected chi connectivity index (χ4v) is 4.35. The lowest BCUT2D eigenvalue weighted by Gasteiger charge is -2.31. The number of thioether (sulfide) groups is 1. The molecule has 3 rings (SSSR count). The number of rotatable bonds is 7. The Morgan fingerprint density at radius 3 is 2.07 bits per heavy atom. The molecule has 0 saturated carbocycles. The minimum Gasteiger partial charge on any atom is -0.493 e. The van der Waals surface area contributed by atoms with Crippen LogP contribution < -0.4 is 4.74 Å². The summed E-state index contributed by atoms with van der Waals surface area (Å²) in [6.07, 6.45) is 1.63. The predicted molar refractivity (Wildman–Crippen MR) is 124 cm³/mol. The zero-order chi connectivity index (χ0) is 21.5. The summed E-state index contributed by atoms with van der Waals surface area (Å²) in [6.45, 7) is 10.3. The second-order valence-electron chi connectivity index (χ2n) is 8.39. The second kappa shape index (κ2) is 10.8. The Bertz CT molecular complexity index is 794. The molecule has 1 saturated heterocycles. The molecule has 0 N–H and O–H groups in total. The van der Waals surface area contributed by atoms with E-state index in [-0.39, 0.29) is 12.2 Å². The Hall–Kier alpha value is -2.14. The Morgan fingerprint density at radius 2 is 1.53 bits per heavy atom. The van der Waals surface area contributed by atoms with E-state index in [9.17, 15) is 4.79 Å². The zero-order valence-corrected chi connectivity index (χ0v) is 19.3. The quantitative estimate of drug-likeness (QED) is 0.473. The van der Waals surface area contributed by atoms with Gasteiger partial charge in [-0.25, -0.2) is 4.79 Å². The number of amides is 1. The second-order valence-corrected chi connectivity index (χ2v) is 10.0. The number of nitrogens with zero attached hydrogens (tertiary/aromatic N) is 1. The van der Waals surface area contributed by atoms with Gasteiger partial charge in [0.15, 0.2) is 0 Å². The molecule has 0 aromatic heterocycles. The molecule has 2 aromatic carbocycles. The fraction of sp³-hybridized carbons (Fsp3) is 0.480. The molecule has 0 atom stereocenters. The van der Waals surface area contributed by atoms with Gasteiger partial charge in [0.1, 0.15) is 5.75 Å². The standard InChI is InChI=1S/C25H33NO3S/c1-18(2)29-25(27)26-15-13-20(14-16-26)17-28-23-9-5-21(6-10-23)22-7-11-24(12-8-22)30-19(3)4/h5-12,18-20H,13-17H2,1-4H3. The van der Waals surface area contributed by atoms with E-state index >= 15 is 0 Å². The van der Waals surface area contributed by atoms with Crippen molar-refractivity contribution in [3.05, 3.63) is 48.5 Å². The number of likely N-dealkylation sites (tertiary alicyclic amines) is 1. The van der Waals surface area contributed by atoms with Gasteiger partial charge < -0.3 is 14.4 Å². The topological polar surface area (TPSA) is 38.8 Å². The zero-order valence-electron chi connectivity index (χ0n) is 18.5. The Morgan fingerprint density at radius 1 is 0.967 bits per heavy atom. The van der Waals surface area contributed by atoms with Crippen molar-refractivity contribution in [2.45, 2.75) is 56.8 Å². The molecule has 4 nitrogen and oxygen atoms in total. The molecule has 1 aliphatic heterocycles. The third-order valence-corrected chi connectivity index (χ3v) is 6.12. The van der Waals surface area contributed by atoms with Crippen LogP contribution in [0.25, 0.3) is 11.1 Å². The summed E-state index contributed by atoms with van der Waals surface area (Å²) in [5.74, 6) is 1.37. The van der Waals surface area contributed by atoms with Crippen LogP contribution in [0.15, 0.2) is 53.4 Å². The first-order valence-electron chi connectivity index (χ1n) is 10.9. The van der Waals surface area contributed by atoms with Crippen LogP contribution in [-0.4, -0.2) is 42.0 Å². The number of benzene rings is 2. The van der Waals surface area contributed by atoms with Crippen molar-refractivity contribution in [2.75, 3.05) is 19.7 Å². The van der Waals surface area contributed by atoms with Crippen molar-refractivity contribution < 1.29 is 14.3 Å². The van der Waals surface area contributed by atoms with Gasteiger partial charge in [-0.3, -0.25) is 0 Å². The SMILES string of the molecule is CC(C)OC(=O)N1CCC(COc2ccc(-c3ccc(SC(C)C)cc3)cc2)CC1. The Kier molecular flexibility index (Phi) is 8.08. The molecule has 30 heavy (non-hydrogen) atoms. The van der Waals surface area contributed by atoms with Crippen LogP contribution >= 0.6 is 11.8 Å². The summed E-state index contributed by atoms with van der Waals surface area (Å²) in [5, 5.41) is 0.591. The molecule has 1 fully saturated rings. The number of carbonyl (C=O) groups excluding carboxylic acids is 1. The van der Waals surface area contributed by atoms with Crippen LogP contribution in [0, 0.1) is 5.92 Å². The molecule has 5 heteroatoms. The third kappa shape index (κ3) is 6.69. The first-order valence-corrected chi connectivity index (χ1v) is 11.7. The Labute approximate surface area is 184 Å². The highest BCUT2D eigenvalue weighted by atomic mass is 32.2. The summed E-state index contributed by atoms with van der Waals surface area (Å²) in [7, 11) is 0. The number of hydrogen-bond acceptors (Lipinski definition) is 4. The number of hydrogen-bond donors (Lipinski definition) is 0. The highest BCUT2D eigenvalue weighted by molar-refractivity contribution is 7.99. The molecular weight excluding hydrogens is 394 g/mol. The van der Waals surface area contributed by atoms with E-state index in [1.165, 1.54) is 16.0 Å². The summed E-state index contributed by atoms with van der Waals surface area (Å²) in [4.78, 5) is 15.1. The summed E-state index contributed by atoms with van der Waals surface area (Å²) in [6, 6.07) is 17.1. The van der Waals surface area contributed by atoms with E-state index in [0.717, 1.165) is 31.7 Å². The normalized spacial score (nSPS) is 14.9. The van der Waals surface area contributed by atoms with E-state index in [4.69, 9.17) is 9.47 Å². The number of piperidine rings is 1. The largest absolute Gasteiger partial charge is 0.493 e. The molecular formula is C25H33NO3S. The van der Waals surface area contributed by atoms with Crippen molar-refractivity contribution in [1.29, 1.82) is 0 Å². The van der Waals surface area contributed by atoms with E-state index < -0.39 is 0 Å². The summed E-state index contributed by atoms with van der Waals surface area (Å²) >= 11 is 1.88. The fourth-order valence-electron chi connectivity index (χ4n) is 3.51. The molecule has 0 bridgehead atoms. The van der Waals surface area contributed by atoms with Crippen molar-refractivity contribution in [3.63, 3.8) is 0 Å². The minimum absolute atomic E-state index is 0.0709. The Balaban J connectivity index is 1.46. The maximum absolute atomic E-state index is 12.0. The van der Waals surface area contributed by atoms with E-state index in [1.54, 1.807) is 4.90 Å². The summed E-state index contributed by atoms with van der Waals surface area (Å²) < 4.78 is 11.3. The van der Waals surface area contributed by atoms with Crippen molar-refractivity contribution in [2.24, 2.45) is 5.92 Å². The van der Waals surface area contributed by atoms with Gasteiger partial charge >= 0.3 is 6.09 Å². The average Bonchev–Trinajstić information content (AvgIpc) is 2.73. The smallest absolute Gasteiger partial charge is 0.410 e. The lowest BCUT2D eigenvalue weighted by molar-refractivity contribution is 0.0608. The summed E-state index contributed by atoms with van der Waals surface area (Å²) in [5.41, 5.74) is 2.41. The van der Waals surface area contributed by atoms with E-state index in [2.05, 4.69) is 50.2 Å². The third-order valence-electron chi connectivity index (χ3n) is 5.11. The van der Waals surface area contributed by atoms with Crippen LogP contribution in [0.5, 0.6) is 5.75 Å². The van der Waals surface area contributed by atoms with E-state index in [1.807, 2.05) is 37.7 Å². The monoisotopic (exact) mass is 427 g/mol. The van der Waals surface area contributed by atoms with Gasteiger partial charge in [-0.2, -0.15) is 0 Å². The first kappa shape index (κ1) is 22.5. The van der Waals surface area contributed by atoms with Crippen LogP contribution in [0.1, 0.15) is 40.5 Å². The average molecular weight is 428 g/mol. The maximum atomic E-state index is 12.0. The van der Waals surface area contributed by atoms with Crippen LogP contribution in [0.4, 0.5) is 4.79 Å².